The van der Waals surface area contributed by atoms with Crippen molar-refractivity contribution in [3.8, 4) is 89.4 Å². The summed E-state index contributed by atoms with van der Waals surface area (Å²) in [6.07, 6.45) is 0. The van der Waals surface area contributed by atoms with E-state index >= 15 is 0 Å². The molecular weight excluding hydrogens is 835 g/mol. The summed E-state index contributed by atoms with van der Waals surface area (Å²) in [5, 5.41) is 2.47. The molecule has 0 fully saturated rings. The topological polar surface area (TPSA) is 12.5 Å². The molecule has 1 heterocycles. The zero-order valence-corrected chi connectivity index (χ0v) is 38.5. The third-order valence-corrected chi connectivity index (χ3v) is 14.5. The minimum Gasteiger partial charge on any atom is -0.455 e. The lowest BCUT2D eigenvalue weighted by atomic mass is 9.82. The Bertz CT molecular complexity index is 3750. The lowest BCUT2D eigenvalue weighted by molar-refractivity contribution is 0.489. The normalized spacial score (nSPS) is 12.7. The first-order chi connectivity index (χ1) is 34.0. The molecule has 11 aromatic carbocycles. The number of hydrogen-bond donors (Lipinski definition) is 0. The summed E-state index contributed by atoms with van der Waals surface area (Å²) in [5.41, 5.74) is 22.2. The summed E-state index contributed by atoms with van der Waals surface area (Å²) in [4.78, 5) is 2.39. The number of para-hydroxylation sites is 1. The predicted molar refractivity (Wildman–Crippen MR) is 289 cm³/mol. The molecule has 0 spiro atoms. The Hall–Kier alpha value is -8.72. The molecule has 2 heteroatoms. The summed E-state index contributed by atoms with van der Waals surface area (Å²) in [7, 11) is 0. The van der Waals surface area contributed by atoms with Gasteiger partial charge in [0.15, 0.2) is 0 Å². The number of fused-ring (bicyclic) bond motifs is 9. The summed E-state index contributed by atoms with van der Waals surface area (Å²) < 4.78 is 7.24. The fraction of sp³-hybridized carbons (Fsp3) is 0.0448. The number of nitrogens with zero attached hydrogens (tertiary/aromatic N) is 1. The van der Waals surface area contributed by atoms with E-state index in [4.69, 9.17) is 4.74 Å². The van der Waals surface area contributed by atoms with Crippen LogP contribution in [0, 0.1) is 0 Å². The largest absolute Gasteiger partial charge is 0.455 e. The van der Waals surface area contributed by atoms with Crippen molar-refractivity contribution >= 4 is 27.8 Å². The van der Waals surface area contributed by atoms with E-state index < -0.39 is 0 Å². The molecule has 2 nitrogen and oxygen atoms in total. The fourth-order valence-corrected chi connectivity index (χ4v) is 11.0. The van der Waals surface area contributed by atoms with Crippen LogP contribution in [0.2, 0.25) is 0 Å². The van der Waals surface area contributed by atoms with Crippen LogP contribution in [-0.2, 0) is 5.41 Å². The first-order valence-electron chi connectivity index (χ1n) is 23.9. The predicted octanol–water partition coefficient (Wildman–Crippen LogP) is 18.7. The van der Waals surface area contributed by atoms with Gasteiger partial charge < -0.3 is 9.64 Å². The number of benzene rings is 11. The van der Waals surface area contributed by atoms with E-state index in [9.17, 15) is 0 Å². The molecule has 1 aliphatic carbocycles. The molecule has 13 rings (SSSR count). The van der Waals surface area contributed by atoms with Crippen LogP contribution >= 0.6 is 0 Å². The van der Waals surface area contributed by atoms with Crippen molar-refractivity contribution in [2.24, 2.45) is 0 Å². The van der Waals surface area contributed by atoms with Gasteiger partial charge in [-0.25, -0.2) is 0 Å². The molecule has 0 saturated heterocycles. The van der Waals surface area contributed by atoms with Crippen molar-refractivity contribution in [1.29, 1.82) is 0 Å². The Balaban J connectivity index is 0.913. The zero-order valence-electron chi connectivity index (χ0n) is 38.5. The maximum Gasteiger partial charge on any atom is 0.143 e. The van der Waals surface area contributed by atoms with E-state index in [1.54, 1.807) is 0 Å². The maximum absolute atomic E-state index is 7.24. The van der Waals surface area contributed by atoms with Crippen LogP contribution in [0.25, 0.3) is 88.7 Å². The van der Waals surface area contributed by atoms with Crippen LogP contribution in [0.1, 0.15) is 25.0 Å². The van der Waals surface area contributed by atoms with Gasteiger partial charge in [0.25, 0.3) is 0 Å². The zero-order chi connectivity index (χ0) is 46.1. The lowest BCUT2D eigenvalue weighted by Crippen LogP contribution is -2.16. The molecule has 2 aliphatic rings. The van der Waals surface area contributed by atoms with Gasteiger partial charge in [-0.3, -0.25) is 0 Å². The van der Waals surface area contributed by atoms with Gasteiger partial charge in [-0.15, -0.1) is 0 Å². The van der Waals surface area contributed by atoms with Crippen LogP contribution in [0.5, 0.6) is 11.5 Å². The molecule has 0 atom stereocenters. The Labute approximate surface area is 404 Å². The van der Waals surface area contributed by atoms with Gasteiger partial charge in [-0.1, -0.05) is 208 Å². The van der Waals surface area contributed by atoms with E-state index in [1.807, 2.05) is 0 Å². The molecule has 0 N–H and O–H groups in total. The average molecular weight is 882 g/mol. The van der Waals surface area contributed by atoms with Crippen molar-refractivity contribution in [1.82, 2.24) is 0 Å². The fourth-order valence-electron chi connectivity index (χ4n) is 11.0. The second-order valence-corrected chi connectivity index (χ2v) is 18.8. The molecule has 0 unspecified atom stereocenters. The molecule has 326 valence electrons. The van der Waals surface area contributed by atoms with Crippen molar-refractivity contribution in [3.63, 3.8) is 0 Å². The third kappa shape index (κ3) is 6.87. The van der Waals surface area contributed by atoms with E-state index in [2.05, 4.69) is 267 Å². The molecule has 1 aliphatic heterocycles. The van der Waals surface area contributed by atoms with E-state index in [-0.39, 0.29) is 5.41 Å². The average Bonchev–Trinajstić information content (AvgIpc) is 3.54. The highest BCUT2D eigenvalue weighted by atomic mass is 16.5. The van der Waals surface area contributed by atoms with Gasteiger partial charge in [0.2, 0.25) is 0 Å². The van der Waals surface area contributed by atoms with Crippen molar-refractivity contribution in [2.75, 3.05) is 4.90 Å². The lowest BCUT2D eigenvalue weighted by Gasteiger charge is -2.28. The van der Waals surface area contributed by atoms with E-state index in [0.29, 0.717) is 0 Å². The van der Waals surface area contributed by atoms with E-state index in [0.717, 1.165) is 73.1 Å². The summed E-state index contributed by atoms with van der Waals surface area (Å²) in [6, 6.07) is 90.4. The molecule has 69 heavy (non-hydrogen) atoms. The third-order valence-electron chi connectivity index (χ3n) is 14.5. The second kappa shape index (κ2) is 16.3. The number of hydrogen-bond acceptors (Lipinski definition) is 2. The number of ether oxygens (including phenoxy) is 1. The van der Waals surface area contributed by atoms with Crippen LogP contribution in [0.15, 0.2) is 249 Å². The van der Waals surface area contributed by atoms with Crippen LogP contribution < -0.4 is 9.64 Å². The van der Waals surface area contributed by atoms with Gasteiger partial charge in [0.05, 0.1) is 0 Å². The van der Waals surface area contributed by atoms with Crippen molar-refractivity contribution in [3.05, 3.63) is 260 Å². The van der Waals surface area contributed by atoms with Crippen molar-refractivity contribution in [2.45, 2.75) is 19.3 Å². The van der Waals surface area contributed by atoms with Gasteiger partial charge in [0.1, 0.15) is 11.5 Å². The van der Waals surface area contributed by atoms with Crippen LogP contribution in [0.3, 0.4) is 0 Å². The highest BCUT2D eigenvalue weighted by Crippen LogP contribution is 2.53. The minimum atomic E-state index is -0.121. The number of rotatable bonds is 7. The molecular formula is C67H47NO. The van der Waals surface area contributed by atoms with Gasteiger partial charge in [0, 0.05) is 39.2 Å². The monoisotopic (exact) mass is 881 g/mol. The molecule has 0 bridgehead atoms. The highest BCUT2D eigenvalue weighted by Gasteiger charge is 2.36. The SMILES string of the molecule is CC1(C)c2ccccc2-c2ccc(N(c3ccc(-c4ccccc4)cc3)c3ccc(-c4ccc5c(c4)Oc4c(-c6ccccc6)cccc4-c4cc(-c6cccc7ccccc67)ccc4-5)cc3)cc21. The van der Waals surface area contributed by atoms with Crippen molar-refractivity contribution < 1.29 is 4.74 Å². The van der Waals surface area contributed by atoms with E-state index in [1.165, 1.54) is 55.3 Å². The first-order valence-corrected chi connectivity index (χ1v) is 23.9. The standard InChI is InChI=1S/C67H47NO/c1-67(2)63-26-12-11-22-58(63)59-40-37-53(43-64(59)67)68(51-33-27-45(28-34-51)44-15-5-3-6-16-44)52-35-29-46(30-36-52)49-31-39-60-57-38-32-50(55-23-13-20-47-19-9-10-21-54(47)55)41-62(57)61-25-14-24-56(48-17-7-4-8-18-48)66(61)69-65(60)42-49/h3-43H,1-2H3. The van der Waals surface area contributed by atoms with Gasteiger partial charge in [-0.05, 0) is 138 Å². The summed E-state index contributed by atoms with van der Waals surface area (Å²) in [5.74, 6) is 1.69. The summed E-state index contributed by atoms with van der Waals surface area (Å²) >= 11 is 0. The Morgan fingerprint density at radius 3 is 1.61 bits per heavy atom. The Kier molecular flexibility index (Phi) is 9.55. The second-order valence-electron chi connectivity index (χ2n) is 18.8. The minimum absolute atomic E-state index is 0.121. The van der Waals surface area contributed by atoms with Gasteiger partial charge >= 0.3 is 0 Å². The first kappa shape index (κ1) is 40.5. The highest BCUT2D eigenvalue weighted by molar-refractivity contribution is 6.01. The molecule has 0 aromatic heterocycles. The maximum atomic E-state index is 7.24. The number of anilines is 3. The smallest absolute Gasteiger partial charge is 0.143 e. The molecule has 0 amide bonds. The molecule has 0 radical (unpaired) electrons. The molecule has 11 aromatic rings. The van der Waals surface area contributed by atoms with Gasteiger partial charge in [-0.2, -0.15) is 0 Å². The quantitative estimate of drug-likeness (QED) is 0.158. The molecule has 0 saturated carbocycles. The Morgan fingerprint density at radius 1 is 0.304 bits per heavy atom. The summed E-state index contributed by atoms with van der Waals surface area (Å²) in [6.45, 7) is 4.70. The van der Waals surface area contributed by atoms with Crippen LogP contribution in [-0.4, -0.2) is 0 Å². The Morgan fingerprint density at radius 2 is 0.826 bits per heavy atom. The van der Waals surface area contributed by atoms with Crippen LogP contribution in [0.4, 0.5) is 17.1 Å².